The molecule has 2 aromatic rings. The maximum Gasteiger partial charge on any atom is 0.195 e. The number of guanidine groups is 1. The molecular formula is C23H34N4O3. The number of aliphatic imine (C=N–C) groups is 1. The number of methoxy groups -OCH3 is 1. The van der Waals surface area contributed by atoms with E-state index in [2.05, 4.69) is 26.6 Å². The van der Waals surface area contributed by atoms with Gasteiger partial charge in [0.25, 0.3) is 0 Å². The maximum atomic E-state index is 5.79. The lowest BCUT2D eigenvalue weighted by Crippen LogP contribution is -2.42. The number of piperidine rings is 1. The Hall–Kier alpha value is -2.51. The van der Waals surface area contributed by atoms with Crippen LogP contribution in [0.3, 0.4) is 0 Å². The van der Waals surface area contributed by atoms with Gasteiger partial charge in [0.2, 0.25) is 0 Å². The lowest BCUT2D eigenvalue weighted by molar-refractivity contribution is 0.146. The lowest BCUT2D eigenvalue weighted by atomic mass is 10.1. The van der Waals surface area contributed by atoms with Crippen molar-refractivity contribution >= 4 is 11.6 Å². The fraction of sp³-hybridized carbons (Fsp3) is 0.522. The van der Waals surface area contributed by atoms with Crippen molar-refractivity contribution in [2.45, 2.75) is 31.7 Å². The van der Waals surface area contributed by atoms with Crippen molar-refractivity contribution in [2.24, 2.45) is 4.99 Å². The third kappa shape index (κ3) is 6.78. The van der Waals surface area contributed by atoms with Gasteiger partial charge in [-0.15, -0.1) is 0 Å². The molecule has 164 valence electrons. The number of nitrogens with one attached hydrogen (secondary N) is 2. The van der Waals surface area contributed by atoms with Crippen LogP contribution >= 0.6 is 0 Å². The van der Waals surface area contributed by atoms with Gasteiger partial charge in [-0.25, -0.2) is 0 Å². The standard InChI is InChI=1S/C23H34N4O3/c1-24-23(26-19-9-6-10-20(17-19)29-16-8-14-28-2)25-18-21(22-11-7-15-30-22)27-12-4-3-5-13-27/h6-7,9-11,15,17,21H,3-5,8,12-14,16,18H2,1-2H3,(H2,24,25,26). The van der Waals surface area contributed by atoms with Gasteiger partial charge in [-0.3, -0.25) is 9.89 Å². The normalized spacial score (nSPS) is 16.3. The molecule has 7 nitrogen and oxygen atoms in total. The summed E-state index contributed by atoms with van der Waals surface area (Å²) in [4.78, 5) is 6.88. The first-order valence-electron chi connectivity index (χ1n) is 10.8. The molecule has 1 atom stereocenters. The van der Waals surface area contributed by atoms with E-state index in [4.69, 9.17) is 13.9 Å². The first-order chi connectivity index (χ1) is 14.8. The van der Waals surface area contributed by atoms with Crippen LogP contribution in [0, 0.1) is 0 Å². The van der Waals surface area contributed by atoms with E-state index in [1.807, 2.05) is 30.3 Å². The molecule has 1 aromatic heterocycles. The second kappa shape index (κ2) is 12.2. The number of anilines is 1. The summed E-state index contributed by atoms with van der Waals surface area (Å²) in [5.41, 5.74) is 0.930. The first-order valence-corrected chi connectivity index (χ1v) is 10.8. The molecule has 0 bridgehead atoms. The minimum Gasteiger partial charge on any atom is -0.493 e. The van der Waals surface area contributed by atoms with Gasteiger partial charge in [-0.1, -0.05) is 12.5 Å². The molecule has 1 aliphatic heterocycles. The largest absolute Gasteiger partial charge is 0.493 e. The summed E-state index contributed by atoms with van der Waals surface area (Å²) in [6.07, 6.45) is 6.39. The van der Waals surface area contributed by atoms with Gasteiger partial charge in [0, 0.05) is 45.5 Å². The zero-order valence-electron chi connectivity index (χ0n) is 18.1. The smallest absolute Gasteiger partial charge is 0.195 e. The number of furan rings is 1. The number of likely N-dealkylation sites (tertiary alicyclic amines) is 1. The van der Waals surface area contributed by atoms with Crippen LogP contribution in [0.25, 0.3) is 0 Å². The Balaban J connectivity index is 1.56. The molecule has 0 amide bonds. The van der Waals surface area contributed by atoms with E-state index in [0.717, 1.165) is 49.2 Å². The van der Waals surface area contributed by atoms with Crippen LogP contribution in [-0.4, -0.2) is 57.9 Å². The summed E-state index contributed by atoms with van der Waals surface area (Å²) in [6.45, 7) is 4.25. The highest BCUT2D eigenvalue weighted by molar-refractivity contribution is 5.93. The second-order valence-electron chi connectivity index (χ2n) is 7.43. The molecule has 30 heavy (non-hydrogen) atoms. The van der Waals surface area contributed by atoms with E-state index in [-0.39, 0.29) is 6.04 Å². The topological polar surface area (TPSA) is 71.3 Å². The van der Waals surface area contributed by atoms with Crippen LogP contribution in [0.5, 0.6) is 5.75 Å². The summed E-state index contributed by atoms with van der Waals surface area (Å²) in [6, 6.07) is 12.1. The number of hydrogen-bond acceptors (Lipinski definition) is 5. The SMILES string of the molecule is CN=C(NCC(c1ccco1)N1CCCCC1)Nc1cccc(OCCCOC)c1. The molecular weight excluding hydrogens is 380 g/mol. The van der Waals surface area contributed by atoms with Gasteiger partial charge < -0.3 is 24.5 Å². The first kappa shape index (κ1) is 22.2. The Kier molecular flexibility index (Phi) is 9.05. The van der Waals surface area contributed by atoms with E-state index < -0.39 is 0 Å². The van der Waals surface area contributed by atoms with Gasteiger partial charge in [0.15, 0.2) is 5.96 Å². The van der Waals surface area contributed by atoms with E-state index in [9.17, 15) is 0 Å². The molecule has 1 unspecified atom stereocenters. The van der Waals surface area contributed by atoms with E-state index >= 15 is 0 Å². The molecule has 1 aromatic carbocycles. The van der Waals surface area contributed by atoms with Crippen molar-refractivity contribution in [3.63, 3.8) is 0 Å². The predicted octanol–water partition coefficient (Wildman–Crippen LogP) is 3.91. The highest BCUT2D eigenvalue weighted by Crippen LogP contribution is 2.24. The molecule has 0 saturated carbocycles. The van der Waals surface area contributed by atoms with Crippen molar-refractivity contribution in [1.29, 1.82) is 0 Å². The third-order valence-electron chi connectivity index (χ3n) is 5.25. The minimum absolute atomic E-state index is 0.189. The number of benzene rings is 1. The van der Waals surface area contributed by atoms with Gasteiger partial charge in [0.05, 0.1) is 18.9 Å². The molecule has 1 saturated heterocycles. The zero-order valence-corrected chi connectivity index (χ0v) is 18.1. The van der Waals surface area contributed by atoms with E-state index in [0.29, 0.717) is 13.2 Å². The van der Waals surface area contributed by atoms with Crippen LogP contribution in [0.15, 0.2) is 52.1 Å². The summed E-state index contributed by atoms with van der Waals surface area (Å²) in [5, 5.41) is 6.82. The van der Waals surface area contributed by atoms with Crippen LogP contribution in [0.4, 0.5) is 5.69 Å². The van der Waals surface area contributed by atoms with Crippen molar-refractivity contribution < 1.29 is 13.9 Å². The summed E-state index contributed by atoms with van der Waals surface area (Å²) >= 11 is 0. The third-order valence-corrected chi connectivity index (χ3v) is 5.25. The molecule has 3 rings (SSSR count). The highest BCUT2D eigenvalue weighted by Gasteiger charge is 2.24. The molecule has 0 spiro atoms. The van der Waals surface area contributed by atoms with Crippen molar-refractivity contribution in [1.82, 2.24) is 10.2 Å². The Morgan fingerprint density at radius 3 is 2.77 bits per heavy atom. The fourth-order valence-electron chi connectivity index (χ4n) is 3.69. The lowest BCUT2D eigenvalue weighted by Gasteiger charge is -2.33. The quantitative estimate of drug-likeness (QED) is 0.349. The molecule has 0 radical (unpaired) electrons. The average molecular weight is 415 g/mol. The summed E-state index contributed by atoms with van der Waals surface area (Å²) in [5.74, 6) is 2.54. The van der Waals surface area contributed by atoms with E-state index in [1.54, 1.807) is 20.4 Å². The second-order valence-corrected chi connectivity index (χ2v) is 7.43. The fourth-order valence-corrected chi connectivity index (χ4v) is 3.69. The highest BCUT2D eigenvalue weighted by atomic mass is 16.5. The number of nitrogens with zero attached hydrogens (tertiary/aromatic N) is 2. The van der Waals surface area contributed by atoms with Crippen LogP contribution in [0.2, 0.25) is 0 Å². The molecule has 7 heteroatoms. The molecule has 1 fully saturated rings. The monoisotopic (exact) mass is 414 g/mol. The summed E-state index contributed by atoms with van der Waals surface area (Å²) < 4.78 is 16.6. The van der Waals surface area contributed by atoms with Crippen molar-refractivity contribution in [2.75, 3.05) is 52.3 Å². The van der Waals surface area contributed by atoms with Gasteiger partial charge in [0.1, 0.15) is 11.5 Å². The predicted molar refractivity (Wildman–Crippen MR) is 120 cm³/mol. The van der Waals surface area contributed by atoms with Gasteiger partial charge >= 0.3 is 0 Å². The Morgan fingerprint density at radius 1 is 1.17 bits per heavy atom. The number of rotatable bonds is 10. The van der Waals surface area contributed by atoms with Crippen molar-refractivity contribution in [3.8, 4) is 5.75 Å². The Bertz CT molecular complexity index is 758. The average Bonchev–Trinajstić information content (AvgIpc) is 3.32. The van der Waals surface area contributed by atoms with Crippen LogP contribution < -0.4 is 15.4 Å². The molecule has 2 heterocycles. The van der Waals surface area contributed by atoms with Crippen molar-refractivity contribution in [3.05, 3.63) is 48.4 Å². The maximum absolute atomic E-state index is 5.79. The molecule has 0 aliphatic carbocycles. The minimum atomic E-state index is 0.189. The number of ether oxygens (including phenoxy) is 2. The van der Waals surface area contributed by atoms with Crippen LogP contribution in [0.1, 0.15) is 37.5 Å². The summed E-state index contributed by atoms with van der Waals surface area (Å²) in [7, 11) is 3.48. The Morgan fingerprint density at radius 2 is 2.03 bits per heavy atom. The zero-order chi connectivity index (χ0) is 21.0. The molecule has 1 aliphatic rings. The van der Waals surface area contributed by atoms with Gasteiger partial charge in [-0.2, -0.15) is 0 Å². The van der Waals surface area contributed by atoms with Gasteiger partial charge in [-0.05, 0) is 50.2 Å². The Labute approximate surface area is 179 Å². The van der Waals surface area contributed by atoms with E-state index in [1.165, 1.54) is 19.3 Å². The number of hydrogen-bond donors (Lipinski definition) is 2. The molecule has 2 N–H and O–H groups in total. The van der Waals surface area contributed by atoms with Crippen LogP contribution in [-0.2, 0) is 4.74 Å².